The third kappa shape index (κ3) is 2.48. The number of nitrogens with two attached hydrogens (primary N) is 1. The van der Waals surface area contributed by atoms with E-state index in [2.05, 4.69) is 15.0 Å². The molecule has 0 spiro atoms. The lowest BCUT2D eigenvalue weighted by atomic mass is 10.4. The highest BCUT2D eigenvalue weighted by atomic mass is 32.1. The summed E-state index contributed by atoms with van der Waals surface area (Å²) in [6.45, 7) is -0.414. The molecule has 0 radical (unpaired) electrons. The van der Waals surface area contributed by atoms with Gasteiger partial charge in [-0.25, -0.2) is 9.97 Å². The van der Waals surface area contributed by atoms with E-state index in [1.54, 1.807) is 4.57 Å². The van der Waals surface area contributed by atoms with Gasteiger partial charge in [-0.3, -0.25) is 4.57 Å². The van der Waals surface area contributed by atoms with Crippen molar-refractivity contribution >= 4 is 29.3 Å². The molecule has 8 nitrogen and oxygen atoms in total. The lowest BCUT2D eigenvalue weighted by Crippen LogP contribution is -2.23. The zero-order chi connectivity index (χ0) is 13.1. The molecule has 98 valence electrons. The second-order valence-corrected chi connectivity index (χ2v) is 4.01. The van der Waals surface area contributed by atoms with E-state index in [0.717, 1.165) is 0 Å². The number of rotatable bonds is 5. The van der Waals surface area contributed by atoms with Crippen molar-refractivity contribution in [2.24, 2.45) is 0 Å². The first-order valence-corrected chi connectivity index (χ1v) is 5.60. The Kier molecular flexibility index (Phi) is 3.87. The average Bonchev–Trinajstić information content (AvgIpc) is 2.74. The molecule has 2 rings (SSSR count). The molecule has 2 aromatic heterocycles. The van der Waals surface area contributed by atoms with Crippen molar-refractivity contribution in [3.63, 3.8) is 0 Å². The van der Waals surface area contributed by atoms with Crippen LogP contribution >= 0.6 is 12.2 Å². The van der Waals surface area contributed by atoms with Crippen LogP contribution in [-0.4, -0.2) is 49.0 Å². The Morgan fingerprint density at radius 3 is 2.89 bits per heavy atom. The molecular weight excluding hydrogens is 258 g/mol. The number of hydrogen-bond donors (Lipinski definition) is 4. The van der Waals surface area contributed by atoms with E-state index in [4.69, 9.17) is 32.9 Å². The van der Waals surface area contributed by atoms with E-state index in [0.29, 0.717) is 15.8 Å². The molecular formula is C9H13N5O3S. The van der Waals surface area contributed by atoms with E-state index in [9.17, 15) is 0 Å². The zero-order valence-electron chi connectivity index (χ0n) is 9.41. The van der Waals surface area contributed by atoms with Crippen LogP contribution in [0.3, 0.4) is 0 Å². The fraction of sp³-hybridized carbons (Fsp3) is 0.444. The number of anilines is 1. The largest absolute Gasteiger partial charge is 0.394 e. The highest BCUT2D eigenvalue weighted by Crippen LogP contribution is 2.12. The third-order valence-electron chi connectivity index (χ3n) is 2.37. The van der Waals surface area contributed by atoms with Crippen molar-refractivity contribution in [2.75, 3.05) is 18.9 Å². The summed E-state index contributed by atoms with van der Waals surface area (Å²) in [6, 6.07) is 0. The van der Waals surface area contributed by atoms with E-state index in [1.165, 1.54) is 6.33 Å². The van der Waals surface area contributed by atoms with Crippen molar-refractivity contribution < 1.29 is 14.9 Å². The molecule has 0 saturated carbocycles. The van der Waals surface area contributed by atoms with Crippen LogP contribution in [0.4, 0.5) is 5.95 Å². The van der Waals surface area contributed by atoms with Crippen LogP contribution in [0.5, 0.6) is 0 Å². The zero-order valence-corrected chi connectivity index (χ0v) is 10.2. The Morgan fingerprint density at radius 2 is 2.22 bits per heavy atom. The van der Waals surface area contributed by atoms with Crippen molar-refractivity contribution in [1.29, 1.82) is 0 Å². The second kappa shape index (κ2) is 5.40. The number of aliphatic hydroxyl groups excluding tert-OH is 2. The Hall–Kier alpha value is -1.55. The maximum Gasteiger partial charge on any atom is 0.200 e. The summed E-state index contributed by atoms with van der Waals surface area (Å²) in [7, 11) is 0. The molecule has 0 aliphatic carbocycles. The van der Waals surface area contributed by atoms with Crippen LogP contribution in [0.2, 0.25) is 0 Å². The first kappa shape index (κ1) is 12.9. The summed E-state index contributed by atoms with van der Waals surface area (Å²) in [5.74, 6) is 0.190. The van der Waals surface area contributed by atoms with Crippen molar-refractivity contribution in [1.82, 2.24) is 19.5 Å². The summed E-state index contributed by atoms with van der Waals surface area (Å²) >= 11 is 5.03. The monoisotopic (exact) mass is 271 g/mol. The number of hydrogen-bond acceptors (Lipinski definition) is 7. The smallest absolute Gasteiger partial charge is 0.200 e. The van der Waals surface area contributed by atoms with Gasteiger partial charge in [0.25, 0.3) is 0 Å². The topological polar surface area (TPSA) is 122 Å². The number of nitrogens with zero attached hydrogens (tertiary/aromatic N) is 3. The van der Waals surface area contributed by atoms with Crippen LogP contribution in [0, 0.1) is 4.64 Å². The number of aromatic amines is 1. The first-order valence-electron chi connectivity index (χ1n) is 5.19. The summed E-state index contributed by atoms with van der Waals surface area (Å²) in [6.07, 6.45) is 0.883. The van der Waals surface area contributed by atoms with Crippen molar-refractivity contribution in [3.8, 4) is 0 Å². The maximum atomic E-state index is 8.89. The second-order valence-electron chi connectivity index (χ2n) is 3.62. The third-order valence-corrected chi connectivity index (χ3v) is 2.65. The van der Waals surface area contributed by atoms with Gasteiger partial charge in [0.05, 0.1) is 19.5 Å². The van der Waals surface area contributed by atoms with Crippen LogP contribution in [-0.2, 0) is 11.5 Å². The summed E-state index contributed by atoms with van der Waals surface area (Å²) in [5.41, 5.74) is 6.67. The molecule has 0 aliphatic heterocycles. The van der Waals surface area contributed by atoms with E-state index < -0.39 is 6.10 Å². The molecule has 0 fully saturated rings. The van der Waals surface area contributed by atoms with Gasteiger partial charge < -0.3 is 25.7 Å². The van der Waals surface area contributed by atoms with Crippen LogP contribution in [0.1, 0.15) is 0 Å². The number of fused-ring (bicyclic) bond motifs is 1. The first-order chi connectivity index (χ1) is 8.65. The van der Waals surface area contributed by atoms with Gasteiger partial charge in [-0.15, -0.1) is 0 Å². The lowest BCUT2D eigenvalue weighted by molar-refractivity contribution is -0.0488. The van der Waals surface area contributed by atoms with Gasteiger partial charge in [-0.05, 0) is 0 Å². The van der Waals surface area contributed by atoms with Crippen LogP contribution in [0.15, 0.2) is 6.33 Å². The number of aliphatic hydroxyl groups is 2. The number of nitrogens with one attached hydrogen (secondary N) is 1. The van der Waals surface area contributed by atoms with Crippen molar-refractivity contribution in [3.05, 3.63) is 11.0 Å². The van der Waals surface area contributed by atoms with Gasteiger partial charge in [-0.1, -0.05) is 12.2 Å². The quantitative estimate of drug-likeness (QED) is 0.535. The summed E-state index contributed by atoms with van der Waals surface area (Å²) in [4.78, 5) is 10.8. The van der Waals surface area contributed by atoms with Gasteiger partial charge in [0.1, 0.15) is 24.0 Å². The molecule has 0 aromatic carbocycles. The molecule has 18 heavy (non-hydrogen) atoms. The highest BCUT2D eigenvalue weighted by Gasteiger charge is 2.09. The fourth-order valence-electron chi connectivity index (χ4n) is 1.43. The van der Waals surface area contributed by atoms with Gasteiger partial charge in [0.2, 0.25) is 0 Å². The highest BCUT2D eigenvalue weighted by molar-refractivity contribution is 7.71. The minimum Gasteiger partial charge on any atom is -0.394 e. The average molecular weight is 271 g/mol. The molecule has 2 heterocycles. The standard InChI is InChI=1S/C9H13N5O3S/c10-9-12-7-6(8(18)13-9)11-3-14(7)4-17-5(1-15)2-16/h3,5,15-16H,1-2,4H2,(H3,10,12,13,18). The van der Waals surface area contributed by atoms with Crippen LogP contribution < -0.4 is 5.73 Å². The number of imidazole rings is 1. The fourth-order valence-corrected chi connectivity index (χ4v) is 1.68. The van der Waals surface area contributed by atoms with Gasteiger partial charge in [0, 0.05) is 0 Å². The Labute approximate surface area is 107 Å². The number of ether oxygens (including phenoxy) is 1. The molecule has 0 saturated heterocycles. The number of H-pyrrole nitrogens is 1. The van der Waals surface area contributed by atoms with Gasteiger partial charge in [0.15, 0.2) is 10.6 Å². The van der Waals surface area contributed by atoms with Crippen molar-refractivity contribution in [2.45, 2.75) is 12.8 Å². The van der Waals surface area contributed by atoms with Crippen LogP contribution in [0.25, 0.3) is 11.2 Å². The summed E-state index contributed by atoms with van der Waals surface area (Å²) < 4.78 is 7.21. The number of nitrogen functional groups attached to an aromatic ring is 1. The minimum absolute atomic E-state index is 0.108. The summed E-state index contributed by atoms with van der Waals surface area (Å²) in [5, 5.41) is 17.8. The molecule has 2 aromatic rings. The maximum absolute atomic E-state index is 8.89. The SMILES string of the molecule is Nc1nc(=S)c2ncn(COC(CO)CO)c2[nH]1. The van der Waals surface area contributed by atoms with E-state index in [-0.39, 0.29) is 25.9 Å². The predicted molar refractivity (Wildman–Crippen MR) is 66.2 cm³/mol. The minimum atomic E-state index is -0.635. The Balaban J connectivity index is 2.27. The molecule has 0 aliphatic rings. The molecule has 0 unspecified atom stereocenters. The van der Waals surface area contributed by atoms with Gasteiger partial charge >= 0.3 is 0 Å². The lowest BCUT2D eigenvalue weighted by Gasteiger charge is -2.13. The molecule has 0 amide bonds. The molecule has 0 atom stereocenters. The molecule has 0 bridgehead atoms. The number of aromatic nitrogens is 4. The Morgan fingerprint density at radius 1 is 1.50 bits per heavy atom. The van der Waals surface area contributed by atoms with E-state index >= 15 is 0 Å². The Bertz CT molecular complexity index is 591. The van der Waals surface area contributed by atoms with Gasteiger partial charge in [-0.2, -0.15) is 0 Å². The van der Waals surface area contributed by atoms with E-state index in [1.807, 2.05) is 0 Å². The normalized spacial score (nSPS) is 11.5. The molecule has 9 heteroatoms. The predicted octanol–water partition coefficient (Wildman–Crippen LogP) is -0.602. The molecule has 5 N–H and O–H groups in total.